The number of benzene rings is 2. The number of ether oxygens (including phenoxy) is 1. The summed E-state index contributed by atoms with van der Waals surface area (Å²) >= 11 is 0. The molecule has 0 aliphatic carbocycles. The second-order valence-corrected chi connectivity index (χ2v) is 4.90. The van der Waals surface area contributed by atoms with Gasteiger partial charge in [0.25, 0.3) is 0 Å². The summed E-state index contributed by atoms with van der Waals surface area (Å²) in [6, 6.07) is 10.1. The van der Waals surface area contributed by atoms with Gasteiger partial charge in [-0.25, -0.2) is 9.07 Å². The lowest BCUT2D eigenvalue weighted by molar-refractivity contribution is -0.0500. The van der Waals surface area contributed by atoms with Crippen LogP contribution < -0.4 is 4.74 Å². The zero-order valence-corrected chi connectivity index (χ0v) is 12.2. The number of hydrogen-bond donors (Lipinski definition) is 0. The van der Waals surface area contributed by atoms with Gasteiger partial charge in [-0.1, -0.05) is 6.07 Å². The van der Waals surface area contributed by atoms with E-state index in [2.05, 4.69) is 9.84 Å². The van der Waals surface area contributed by atoms with Crippen molar-refractivity contribution in [3.8, 4) is 22.6 Å². The zero-order valence-electron chi connectivity index (χ0n) is 12.2. The molecule has 0 aliphatic heterocycles. The number of aromatic nitrogens is 2. The lowest BCUT2D eigenvalue weighted by Gasteiger charge is -2.08. The third-order valence-corrected chi connectivity index (χ3v) is 3.36. The monoisotopic (exact) mass is 332 g/mol. The molecule has 3 aromatic rings. The highest BCUT2D eigenvalue weighted by molar-refractivity contribution is 5.81. The van der Waals surface area contributed by atoms with Crippen LogP contribution in [-0.4, -0.2) is 22.7 Å². The van der Waals surface area contributed by atoms with Crippen molar-refractivity contribution >= 4 is 6.29 Å². The van der Waals surface area contributed by atoms with Crippen molar-refractivity contribution < 1.29 is 22.7 Å². The van der Waals surface area contributed by atoms with E-state index in [0.29, 0.717) is 23.1 Å². The molecule has 0 bridgehead atoms. The normalized spacial score (nSPS) is 10.8. The molecule has 0 amide bonds. The van der Waals surface area contributed by atoms with E-state index in [-0.39, 0.29) is 17.1 Å². The van der Waals surface area contributed by atoms with E-state index < -0.39 is 6.61 Å². The average Bonchev–Trinajstić information content (AvgIpc) is 3.05. The minimum atomic E-state index is -3.03. The second kappa shape index (κ2) is 6.57. The fourth-order valence-electron chi connectivity index (χ4n) is 2.22. The van der Waals surface area contributed by atoms with Crippen LogP contribution in [0.25, 0.3) is 16.8 Å². The Balaban J connectivity index is 1.95. The minimum Gasteiger partial charge on any atom is -0.434 e. The second-order valence-electron chi connectivity index (χ2n) is 4.90. The fourth-order valence-corrected chi connectivity index (χ4v) is 2.22. The molecule has 0 fully saturated rings. The van der Waals surface area contributed by atoms with Gasteiger partial charge in [0.1, 0.15) is 11.6 Å². The van der Waals surface area contributed by atoms with Crippen molar-refractivity contribution in [3.05, 3.63) is 66.2 Å². The first-order chi connectivity index (χ1) is 11.6. The predicted octanol–water partition coefficient (Wildman–Crippen LogP) is 4.09. The van der Waals surface area contributed by atoms with Crippen LogP contribution in [0.4, 0.5) is 13.2 Å². The predicted molar refractivity (Wildman–Crippen MR) is 81.0 cm³/mol. The van der Waals surface area contributed by atoms with Crippen LogP contribution in [0.3, 0.4) is 0 Å². The van der Waals surface area contributed by atoms with Gasteiger partial charge in [0.2, 0.25) is 0 Å². The van der Waals surface area contributed by atoms with Crippen LogP contribution in [0, 0.1) is 5.82 Å². The Morgan fingerprint density at radius 2 is 1.83 bits per heavy atom. The Morgan fingerprint density at radius 1 is 1.08 bits per heavy atom. The molecule has 122 valence electrons. The van der Waals surface area contributed by atoms with E-state index in [1.807, 2.05) is 0 Å². The van der Waals surface area contributed by atoms with Crippen LogP contribution in [-0.2, 0) is 0 Å². The fraction of sp³-hybridized carbons (Fsp3) is 0.0588. The van der Waals surface area contributed by atoms with Gasteiger partial charge in [0.05, 0.1) is 17.4 Å². The molecule has 0 radical (unpaired) electrons. The number of halogens is 3. The van der Waals surface area contributed by atoms with E-state index in [0.717, 1.165) is 0 Å². The highest BCUT2D eigenvalue weighted by Gasteiger charge is 2.12. The molecule has 0 unspecified atom stereocenters. The van der Waals surface area contributed by atoms with Crippen molar-refractivity contribution in [1.29, 1.82) is 0 Å². The lowest BCUT2D eigenvalue weighted by atomic mass is 10.1. The maximum absolute atomic E-state index is 13.0. The number of alkyl halides is 2. The van der Waals surface area contributed by atoms with E-state index in [4.69, 9.17) is 0 Å². The van der Waals surface area contributed by atoms with E-state index in [1.165, 1.54) is 35.1 Å². The summed E-state index contributed by atoms with van der Waals surface area (Å²) in [6.45, 7) is -3.03. The molecule has 1 heterocycles. The van der Waals surface area contributed by atoms with Gasteiger partial charge in [-0.2, -0.15) is 13.9 Å². The third kappa shape index (κ3) is 3.29. The summed E-state index contributed by atoms with van der Waals surface area (Å²) < 4.78 is 43.7. The maximum atomic E-state index is 13.0. The standard InChI is InChI=1S/C17H11F3N2O2/c18-14-3-5-15(6-4-14)22-9-13(8-21-22)11-1-2-12(10-23)16(7-11)24-17(19)20/h1-10,17H. The summed E-state index contributed by atoms with van der Waals surface area (Å²) in [5.41, 5.74) is 1.88. The van der Waals surface area contributed by atoms with E-state index in [1.54, 1.807) is 24.4 Å². The Kier molecular flexibility index (Phi) is 4.33. The van der Waals surface area contributed by atoms with Crippen molar-refractivity contribution in [2.24, 2.45) is 0 Å². The van der Waals surface area contributed by atoms with Crippen LogP contribution in [0.1, 0.15) is 10.4 Å². The van der Waals surface area contributed by atoms with Gasteiger partial charge >= 0.3 is 6.61 Å². The van der Waals surface area contributed by atoms with Gasteiger partial charge in [0.15, 0.2) is 6.29 Å². The molecule has 2 aromatic carbocycles. The van der Waals surface area contributed by atoms with Gasteiger partial charge in [-0.3, -0.25) is 4.79 Å². The third-order valence-electron chi connectivity index (χ3n) is 3.36. The highest BCUT2D eigenvalue weighted by atomic mass is 19.3. The Bertz CT molecular complexity index is 861. The van der Waals surface area contributed by atoms with Crippen LogP contribution in [0.5, 0.6) is 5.75 Å². The molecule has 0 saturated heterocycles. The average molecular weight is 332 g/mol. The first-order valence-corrected chi connectivity index (χ1v) is 6.92. The van der Waals surface area contributed by atoms with Gasteiger partial charge in [0, 0.05) is 11.8 Å². The smallest absolute Gasteiger partial charge is 0.387 e. The number of aldehydes is 1. The first-order valence-electron chi connectivity index (χ1n) is 6.92. The van der Waals surface area contributed by atoms with Gasteiger partial charge in [-0.15, -0.1) is 0 Å². The molecule has 1 aromatic heterocycles. The van der Waals surface area contributed by atoms with Gasteiger partial charge in [-0.05, 0) is 42.0 Å². The van der Waals surface area contributed by atoms with Crippen LogP contribution in [0.15, 0.2) is 54.9 Å². The molecule has 0 aliphatic rings. The number of carbonyl (C=O) groups is 1. The maximum Gasteiger partial charge on any atom is 0.387 e. The molecule has 7 heteroatoms. The number of rotatable bonds is 5. The molecule has 24 heavy (non-hydrogen) atoms. The molecular weight excluding hydrogens is 321 g/mol. The number of nitrogens with zero attached hydrogens (tertiary/aromatic N) is 2. The quantitative estimate of drug-likeness (QED) is 0.661. The van der Waals surface area contributed by atoms with Gasteiger partial charge < -0.3 is 4.74 Å². The van der Waals surface area contributed by atoms with Crippen molar-refractivity contribution in [2.75, 3.05) is 0 Å². The van der Waals surface area contributed by atoms with E-state index >= 15 is 0 Å². The largest absolute Gasteiger partial charge is 0.434 e. The molecule has 0 saturated carbocycles. The minimum absolute atomic E-state index is 0.0324. The summed E-state index contributed by atoms with van der Waals surface area (Å²) in [7, 11) is 0. The summed E-state index contributed by atoms with van der Waals surface area (Å²) in [5, 5.41) is 4.16. The van der Waals surface area contributed by atoms with Crippen molar-refractivity contribution in [2.45, 2.75) is 6.61 Å². The Labute approximate surface area is 135 Å². The Hall–Kier alpha value is -3.09. The first kappa shape index (κ1) is 15.8. The molecule has 4 nitrogen and oxygen atoms in total. The topological polar surface area (TPSA) is 44.1 Å². The Morgan fingerprint density at radius 3 is 2.50 bits per heavy atom. The highest BCUT2D eigenvalue weighted by Crippen LogP contribution is 2.28. The molecule has 0 spiro atoms. The SMILES string of the molecule is O=Cc1ccc(-c2cnn(-c3ccc(F)cc3)c2)cc1OC(F)F. The number of carbonyl (C=O) groups excluding carboxylic acids is 1. The number of hydrogen-bond acceptors (Lipinski definition) is 3. The molecule has 0 N–H and O–H groups in total. The van der Waals surface area contributed by atoms with Crippen molar-refractivity contribution in [3.63, 3.8) is 0 Å². The van der Waals surface area contributed by atoms with E-state index in [9.17, 15) is 18.0 Å². The summed E-state index contributed by atoms with van der Waals surface area (Å²) in [5.74, 6) is -0.559. The van der Waals surface area contributed by atoms with Crippen LogP contribution in [0.2, 0.25) is 0 Å². The lowest BCUT2D eigenvalue weighted by Crippen LogP contribution is -2.04. The van der Waals surface area contributed by atoms with Crippen LogP contribution >= 0.6 is 0 Å². The molecule has 3 rings (SSSR count). The zero-order chi connectivity index (χ0) is 17.1. The summed E-state index contributed by atoms with van der Waals surface area (Å²) in [6.07, 6.45) is 3.64. The van der Waals surface area contributed by atoms with Crippen molar-refractivity contribution in [1.82, 2.24) is 9.78 Å². The summed E-state index contributed by atoms with van der Waals surface area (Å²) in [4.78, 5) is 10.9. The molecule has 0 atom stereocenters. The molecular formula is C17H11F3N2O2.